The number of rotatable bonds is 4. The molecule has 11 heteroatoms. The van der Waals surface area contributed by atoms with Crippen molar-refractivity contribution in [1.29, 1.82) is 0 Å². The number of amides is 1. The van der Waals surface area contributed by atoms with E-state index in [0.29, 0.717) is 11.1 Å². The quantitative estimate of drug-likeness (QED) is 0.496. The number of aryl methyl sites for hydroxylation is 1. The second-order valence-electron chi connectivity index (χ2n) is 7.51. The van der Waals surface area contributed by atoms with Crippen LogP contribution in [0.25, 0.3) is 0 Å². The van der Waals surface area contributed by atoms with E-state index in [-0.39, 0.29) is 26.9 Å². The lowest BCUT2D eigenvalue weighted by Crippen LogP contribution is -2.43. The van der Waals surface area contributed by atoms with Crippen molar-refractivity contribution in [3.63, 3.8) is 0 Å². The van der Waals surface area contributed by atoms with E-state index in [1.807, 2.05) is 0 Å². The minimum absolute atomic E-state index is 0.0136. The molecule has 1 atom stereocenters. The van der Waals surface area contributed by atoms with Gasteiger partial charge in [0.05, 0.1) is 6.54 Å². The largest absolute Gasteiger partial charge is 0.405 e. The molecule has 1 amide bonds. The fourth-order valence-corrected chi connectivity index (χ4v) is 4.10. The molecule has 32 heavy (non-hydrogen) atoms. The summed E-state index contributed by atoms with van der Waals surface area (Å²) in [6.45, 7) is -0.583. The zero-order valence-electron chi connectivity index (χ0n) is 16.5. The van der Waals surface area contributed by atoms with E-state index >= 15 is 0 Å². The lowest BCUT2D eigenvalue weighted by Gasteiger charge is -2.31. The first-order valence-corrected chi connectivity index (χ1v) is 10.00. The van der Waals surface area contributed by atoms with Gasteiger partial charge in [-0.3, -0.25) is 9.79 Å². The van der Waals surface area contributed by atoms with Crippen molar-refractivity contribution in [2.24, 2.45) is 4.99 Å². The Kier molecular flexibility index (Phi) is 6.55. The Bertz CT molecular complexity index is 1060. The molecular weight excluding hydrogens is 481 g/mol. The molecular formula is C21H16Cl2F6N2O. The molecule has 2 aromatic carbocycles. The van der Waals surface area contributed by atoms with E-state index in [0.717, 1.165) is 0 Å². The van der Waals surface area contributed by atoms with Gasteiger partial charge in [-0.25, -0.2) is 0 Å². The van der Waals surface area contributed by atoms with Crippen molar-refractivity contribution in [3.05, 3.63) is 68.7 Å². The van der Waals surface area contributed by atoms with Gasteiger partial charge in [-0.15, -0.1) is 0 Å². The van der Waals surface area contributed by atoms with Crippen LogP contribution in [-0.4, -0.2) is 37.1 Å². The van der Waals surface area contributed by atoms with E-state index in [4.69, 9.17) is 23.2 Å². The maximum Gasteiger partial charge on any atom is 0.405 e. The predicted molar refractivity (Wildman–Crippen MR) is 110 cm³/mol. The lowest BCUT2D eigenvalue weighted by molar-refractivity contribution is -0.183. The zero-order chi connectivity index (χ0) is 23.9. The smallest absolute Gasteiger partial charge is 0.343 e. The standard InChI is InChI=1S/C21H16Cl2F6N2O/c1-11-4-12(2-3-16(11)18(32)31-10-20(24,25)26)17-8-19(9-30-17,21(27,28)29)13-5-14(22)7-15(23)6-13/h2-7H,8-10H2,1H3,(H,31,32). The number of carbonyl (C=O) groups is 1. The van der Waals surface area contributed by atoms with Gasteiger partial charge in [-0.2, -0.15) is 26.3 Å². The summed E-state index contributed by atoms with van der Waals surface area (Å²) in [7, 11) is 0. The molecule has 1 aliphatic rings. The van der Waals surface area contributed by atoms with Crippen LogP contribution in [0.15, 0.2) is 41.4 Å². The van der Waals surface area contributed by atoms with E-state index in [1.165, 1.54) is 43.3 Å². The highest BCUT2D eigenvalue weighted by atomic mass is 35.5. The van der Waals surface area contributed by atoms with Crippen molar-refractivity contribution in [3.8, 4) is 0 Å². The fourth-order valence-electron chi connectivity index (χ4n) is 3.57. The molecule has 1 aliphatic heterocycles. The summed E-state index contributed by atoms with van der Waals surface area (Å²) >= 11 is 11.8. The molecule has 0 radical (unpaired) electrons. The van der Waals surface area contributed by atoms with Crippen molar-refractivity contribution in [1.82, 2.24) is 5.32 Å². The Morgan fingerprint density at radius 1 is 1.06 bits per heavy atom. The van der Waals surface area contributed by atoms with Crippen LogP contribution in [0.5, 0.6) is 0 Å². The summed E-state index contributed by atoms with van der Waals surface area (Å²) in [5.41, 5.74) is -1.65. The predicted octanol–water partition coefficient (Wildman–Crippen LogP) is 6.29. The minimum Gasteiger partial charge on any atom is -0.343 e. The van der Waals surface area contributed by atoms with Gasteiger partial charge >= 0.3 is 12.4 Å². The monoisotopic (exact) mass is 496 g/mol. The third-order valence-corrected chi connectivity index (χ3v) is 5.66. The van der Waals surface area contributed by atoms with Crippen LogP contribution >= 0.6 is 23.2 Å². The average Bonchev–Trinajstić information content (AvgIpc) is 3.11. The van der Waals surface area contributed by atoms with Crippen molar-refractivity contribution in [2.75, 3.05) is 13.1 Å². The van der Waals surface area contributed by atoms with Gasteiger partial charge in [-0.05, 0) is 53.9 Å². The molecule has 1 N–H and O–H groups in total. The molecule has 172 valence electrons. The van der Waals surface area contributed by atoms with Crippen molar-refractivity contribution in [2.45, 2.75) is 31.1 Å². The van der Waals surface area contributed by atoms with Crippen LogP contribution in [-0.2, 0) is 5.41 Å². The molecule has 1 unspecified atom stereocenters. The molecule has 3 rings (SSSR count). The molecule has 0 saturated heterocycles. The fraction of sp³-hybridized carbons (Fsp3) is 0.333. The van der Waals surface area contributed by atoms with E-state index in [9.17, 15) is 31.1 Å². The Labute approximate surface area is 189 Å². The first kappa shape index (κ1) is 24.4. The van der Waals surface area contributed by atoms with Crippen LogP contribution in [0.2, 0.25) is 10.0 Å². The number of nitrogens with zero attached hydrogens (tertiary/aromatic N) is 1. The van der Waals surface area contributed by atoms with Gasteiger partial charge in [-0.1, -0.05) is 29.3 Å². The maximum atomic E-state index is 14.2. The molecule has 0 bridgehead atoms. The van der Waals surface area contributed by atoms with Gasteiger partial charge < -0.3 is 5.32 Å². The van der Waals surface area contributed by atoms with Crippen molar-refractivity contribution < 1.29 is 31.1 Å². The third-order valence-electron chi connectivity index (χ3n) is 5.22. The Morgan fingerprint density at radius 3 is 2.22 bits per heavy atom. The molecule has 0 spiro atoms. The number of hydrogen-bond donors (Lipinski definition) is 1. The van der Waals surface area contributed by atoms with Crippen molar-refractivity contribution >= 4 is 34.8 Å². The van der Waals surface area contributed by atoms with E-state index < -0.39 is 43.2 Å². The average molecular weight is 497 g/mol. The summed E-state index contributed by atoms with van der Waals surface area (Å²) in [6.07, 6.45) is -9.70. The minimum atomic E-state index is -4.65. The second kappa shape index (κ2) is 8.59. The molecule has 0 aromatic heterocycles. The number of halogens is 8. The number of hydrogen-bond acceptors (Lipinski definition) is 2. The van der Waals surface area contributed by atoms with Gasteiger partial charge in [0.1, 0.15) is 12.0 Å². The van der Waals surface area contributed by atoms with E-state index in [2.05, 4.69) is 4.99 Å². The number of benzene rings is 2. The van der Waals surface area contributed by atoms with Gasteiger partial charge in [0.25, 0.3) is 5.91 Å². The topological polar surface area (TPSA) is 41.5 Å². The summed E-state index contributed by atoms with van der Waals surface area (Å²) in [5.74, 6) is -0.932. The van der Waals surface area contributed by atoms with Gasteiger partial charge in [0.2, 0.25) is 0 Å². The summed E-state index contributed by atoms with van der Waals surface area (Å²) in [4.78, 5) is 16.1. The number of carbonyl (C=O) groups excluding carboxylic acids is 1. The summed E-state index contributed by atoms with van der Waals surface area (Å²) in [5, 5.41) is 1.89. The lowest BCUT2D eigenvalue weighted by atomic mass is 9.76. The highest BCUT2D eigenvalue weighted by Crippen LogP contribution is 2.48. The molecule has 3 nitrogen and oxygen atoms in total. The molecule has 0 aliphatic carbocycles. The Balaban J connectivity index is 1.88. The first-order valence-electron chi connectivity index (χ1n) is 9.24. The Morgan fingerprint density at radius 2 is 1.69 bits per heavy atom. The highest BCUT2D eigenvalue weighted by Gasteiger charge is 2.58. The van der Waals surface area contributed by atoms with Crippen LogP contribution in [0.3, 0.4) is 0 Å². The van der Waals surface area contributed by atoms with Crippen LogP contribution < -0.4 is 5.32 Å². The molecule has 2 aromatic rings. The number of nitrogens with one attached hydrogen (secondary N) is 1. The molecule has 1 heterocycles. The normalized spacial score (nSPS) is 19.1. The second-order valence-corrected chi connectivity index (χ2v) is 8.38. The maximum absolute atomic E-state index is 14.2. The summed E-state index contributed by atoms with van der Waals surface area (Å²) in [6, 6.07) is 7.81. The zero-order valence-corrected chi connectivity index (χ0v) is 18.0. The number of alkyl halides is 6. The Hall–Kier alpha value is -2.26. The SMILES string of the molecule is Cc1cc(C2=NCC(c3cc(Cl)cc(Cl)c3)(C(F)(F)F)C2)ccc1C(=O)NCC(F)(F)F. The van der Waals surface area contributed by atoms with Crippen LogP contribution in [0, 0.1) is 6.92 Å². The highest BCUT2D eigenvalue weighted by molar-refractivity contribution is 6.34. The van der Waals surface area contributed by atoms with Gasteiger partial charge in [0.15, 0.2) is 0 Å². The molecule has 0 saturated carbocycles. The summed E-state index contributed by atoms with van der Waals surface area (Å²) < 4.78 is 79.5. The molecule has 0 fully saturated rings. The van der Waals surface area contributed by atoms with Gasteiger partial charge in [0, 0.05) is 27.7 Å². The van der Waals surface area contributed by atoms with E-state index in [1.54, 1.807) is 5.32 Å². The first-order chi connectivity index (χ1) is 14.7. The number of aliphatic imine (C=N–C) groups is 1. The van der Waals surface area contributed by atoms with Crippen LogP contribution in [0.1, 0.15) is 33.5 Å². The van der Waals surface area contributed by atoms with Crippen LogP contribution in [0.4, 0.5) is 26.3 Å². The third kappa shape index (κ3) is 5.04.